The van der Waals surface area contributed by atoms with Gasteiger partial charge in [0, 0.05) is 44.3 Å². The molecular formula is C13H16N6. The fourth-order valence-electron chi connectivity index (χ4n) is 1.91. The van der Waals surface area contributed by atoms with E-state index in [-0.39, 0.29) is 0 Å². The van der Waals surface area contributed by atoms with E-state index >= 15 is 0 Å². The first kappa shape index (κ1) is 11.9. The number of anilines is 3. The van der Waals surface area contributed by atoms with E-state index in [1.165, 1.54) is 0 Å². The summed E-state index contributed by atoms with van der Waals surface area (Å²) in [5, 5.41) is 6.59. The first-order valence-electron chi connectivity index (χ1n) is 6.26. The monoisotopic (exact) mass is 256 g/mol. The molecule has 2 aromatic rings. The summed E-state index contributed by atoms with van der Waals surface area (Å²) in [7, 11) is 1.98. The van der Waals surface area contributed by atoms with Crippen LogP contribution in [0.4, 0.5) is 17.3 Å². The molecule has 6 heteroatoms. The fraction of sp³-hybridized carbons (Fsp3) is 0.308. The molecule has 1 aliphatic heterocycles. The fourth-order valence-corrected chi connectivity index (χ4v) is 1.91. The molecule has 98 valence electrons. The predicted octanol–water partition coefficient (Wildman–Crippen LogP) is 1.02. The molecule has 0 aromatic carbocycles. The summed E-state index contributed by atoms with van der Waals surface area (Å²) < 4.78 is 0. The SMILES string of the molecule is CN(c1ccncc1)c1cc(NC2CNC2)ncn1. The molecule has 0 aliphatic carbocycles. The maximum Gasteiger partial charge on any atom is 0.138 e. The van der Waals surface area contributed by atoms with Crippen molar-refractivity contribution in [2.75, 3.05) is 30.4 Å². The quantitative estimate of drug-likeness (QED) is 0.851. The summed E-state index contributed by atoms with van der Waals surface area (Å²) in [6.07, 6.45) is 5.12. The normalized spacial score (nSPS) is 14.8. The molecule has 0 radical (unpaired) electrons. The van der Waals surface area contributed by atoms with Gasteiger partial charge in [-0.2, -0.15) is 0 Å². The predicted molar refractivity (Wildman–Crippen MR) is 74.6 cm³/mol. The van der Waals surface area contributed by atoms with E-state index in [1.54, 1.807) is 18.7 Å². The van der Waals surface area contributed by atoms with Crippen LogP contribution in [0.2, 0.25) is 0 Å². The lowest BCUT2D eigenvalue weighted by Gasteiger charge is -2.28. The van der Waals surface area contributed by atoms with Crippen LogP contribution in [0.5, 0.6) is 0 Å². The number of hydrogen-bond acceptors (Lipinski definition) is 6. The molecule has 1 aliphatic rings. The Kier molecular flexibility index (Phi) is 3.24. The Morgan fingerprint density at radius 3 is 2.74 bits per heavy atom. The van der Waals surface area contributed by atoms with Gasteiger partial charge in [0.05, 0.1) is 6.04 Å². The minimum Gasteiger partial charge on any atom is -0.365 e. The molecular weight excluding hydrogens is 240 g/mol. The second kappa shape index (κ2) is 5.19. The van der Waals surface area contributed by atoms with Crippen molar-refractivity contribution in [2.45, 2.75) is 6.04 Å². The van der Waals surface area contributed by atoms with E-state index in [0.717, 1.165) is 30.4 Å². The van der Waals surface area contributed by atoms with Gasteiger partial charge in [-0.3, -0.25) is 4.98 Å². The standard InChI is InChI=1S/C13H16N6/c1-19(11-2-4-14-5-3-11)13-6-12(16-9-17-13)18-10-7-15-8-10/h2-6,9-10,15H,7-8H2,1H3,(H,16,17,18). The van der Waals surface area contributed by atoms with Crippen molar-refractivity contribution in [2.24, 2.45) is 0 Å². The average Bonchev–Trinajstić information content (AvgIpc) is 2.43. The Morgan fingerprint density at radius 2 is 2.05 bits per heavy atom. The highest BCUT2D eigenvalue weighted by molar-refractivity contribution is 5.60. The first-order chi connectivity index (χ1) is 9.33. The maximum absolute atomic E-state index is 4.31. The third-order valence-electron chi connectivity index (χ3n) is 3.18. The largest absolute Gasteiger partial charge is 0.365 e. The Morgan fingerprint density at radius 1 is 1.26 bits per heavy atom. The third kappa shape index (κ3) is 2.63. The summed E-state index contributed by atoms with van der Waals surface area (Å²) in [5.74, 6) is 1.72. The summed E-state index contributed by atoms with van der Waals surface area (Å²) in [6.45, 7) is 1.97. The first-order valence-corrected chi connectivity index (χ1v) is 6.26. The van der Waals surface area contributed by atoms with Crippen molar-refractivity contribution in [3.8, 4) is 0 Å². The van der Waals surface area contributed by atoms with Gasteiger partial charge in [0.2, 0.25) is 0 Å². The molecule has 6 nitrogen and oxygen atoms in total. The summed E-state index contributed by atoms with van der Waals surface area (Å²) >= 11 is 0. The van der Waals surface area contributed by atoms with Crippen molar-refractivity contribution < 1.29 is 0 Å². The van der Waals surface area contributed by atoms with Crippen molar-refractivity contribution >= 4 is 17.3 Å². The molecule has 0 atom stereocenters. The maximum atomic E-state index is 4.31. The third-order valence-corrected chi connectivity index (χ3v) is 3.18. The molecule has 1 saturated heterocycles. The van der Waals surface area contributed by atoms with Gasteiger partial charge in [-0.05, 0) is 12.1 Å². The highest BCUT2D eigenvalue weighted by Gasteiger charge is 2.17. The smallest absolute Gasteiger partial charge is 0.138 e. The lowest BCUT2D eigenvalue weighted by molar-refractivity contribution is 0.471. The minimum absolute atomic E-state index is 0.467. The molecule has 1 fully saturated rings. The van der Waals surface area contributed by atoms with Crippen LogP contribution in [0.3, 0.4) is 0 Å². The Balaban J connectivity index is 1.78. The van der Waals surface area contributed by atoms with E-state index in [4.69, 9.17) is 0 Å². The molecule has 0 bridgehead atoms. The van der Waals surface area contributed by atoms with E-state index in [0.29, 0.717) is 6.04 Å². The van der Waals surface area contributed by atoms with Crippen LogP contribution in [-0.2, 0) is 0 Å². The minimum atomic E-state index is 0.467. The van der Waals surface area contributed by atoms with Gasteiger partial charge in [-0.1, -0.05) is 0 Å². The second-order valence-corrected chi connectivity index (χ2v) is 4.53. The molecule has 0 saturated carbocycles. The van der Waals surface area contributed by atoms with E-state index in [9.17, 15) is 0 Å². The molecule has 0 spiro atoms. The number of nitrogens with one attached hydrogen (secondary N) is 2. The summed E-state index contributed by atoms with van der Waals surface area (Å²) in [6, 6.07) is 6.32. The van der Waals surface area contributed by atoms with Crippen LogP contribution in [0.1, 0.15) is 0 Å². The van der Waals surface area contributed by atoms with Crippen LogP contribution in [0, 0.1) is 0 Å². The van der Waals surface area contributed by atoms with Gasteiger partial charge in [0.25, 0.3) is 0 Å². The van der Waals surface area contributed by atoms with E-state index < -0.39 is 0 Å². The zero-order valence-electron chi connectivity index (χ0n) is 10.7. The lowest BCUT2D eigenvalue weighted by Crippen LogP contribution is -2.51. The number of rotatable bonds is 4. The Bertz CT molecular complexity index is 540. The topological polar surface area (TPSA) is 66.0 Å². The van der Waals surface area contributed by atoms with Crippen molar-refractivity contribution in [3.05, 3.63) is 36.9 Å². The molecule has 2 aromatic heterocycles. The molecule has 2 N–H and O–H groups in total. The van der Waals surface area contributed by atoms with Crippen LogP contribution in [-0.4, -0.2) is 41.1 Å². The van der Waals surface area contributed by atoms with Gasteiger partial charge < -0.3 is 15.5 Å². The number of nitrogens with zero attached hydrogens (tertiary/aromatic N) is 4. The lowest BCUT2D eigenvalue weighted by atomic mass is 10.2. The zero-order valence-corrected chi connectivity index (χ0v) is 10.7. The number of hydrogen-bond donors (Lipinski definition) is 2. The van der Waals surface area contributed by atoms with Crippen LogP contribution in [0.15, 0.2) is 36.9 Å². The molecule has 19 heavy (non-hydrogen) atoms. The highest BCUT2D eigenvalue weighted by atomic mass is 15.2. The van der Waals surface area contributed by atoms with Crippen molar-refractivity contribution in [3.63, 3.8) is 0 Å². The van der Waals surface area contributed by atoms with Crippen LogP contribution >= 0.6 is 0 Å². The summed E-state index contributed by atoms with van der Waals surface area (Å²) in [5.41, 5.74) is 1.05. The Labute approximate surface area is 111 Å². The van der Waals surface area contributed by atoms with Gasteiger partial charge in [-0.25, -0.2) is 9.97 Å². The van der Waals surface area contributed by atoms with E-state index in [2.05, 4.69) is 25.6 Å². The molecule has 3 heterocycles. The van der Waals surface area contributed by atoms with Gasteiger partial charge in [0.1, 0.15) is 18.0 Å². The average molecular weight is 256 g/mol. The van der Waals surface area contributed by atoms with Crippen LogP contribution in [0.25, 0.3) is 0 Å². The van der Waals surface area contributed by atoms with Crippen LogP contribution < -0.4 is 15.5 Å². The van der Waals surface area contributed by atoms with Crippen molar-refractivity contribution in [1.29, 1.82) is 0 Å². The number of pyridine rings is 1. The van der Waals surface area contributed by atoms with Gasteiger partial charge in [0.15, 0.2) is 0 Å². The van der Waals surface area contributed by atoms with E-state index in [1.807, 2.05) is 30.1 Å². The molecule has 0 unspecified atom stereocenters. The highest BCUT2D eigenvalue weighted by Crippen LogP contribution is 2.22. The zero-order chi connectivity index (χ0) is 13.1. The Hall–Kier alpha value is -2.21. The van der Waals surface area contributed by atoms with Gasteiger partial charge in [-0.15, -0.1) is 0 Å². The van der Waals surface area contributed by atoms with Crippen molar-refractivity contribution in [1.82, 2.24) is 20.3 Å². The molecule has 0 amide bonds. The summed E-state index contributed by atoms with van der Waals surface area (Å²) in [4.78, 5) is 14.6. The second-order valence-electron chi connectivity index (χ2n) is 4.53. The number of aromatic nitrogens is 3. The van der Waals surface area contributed by atoms with Gasteiger partial charge >= 0.3 is 0 Å². The molecule has 3 rings (SSSR count).